The first-order valence-electron chi connectivity index (χ1n) is 6.58. The van der Waals surface area contributed by atoms with Crippen molar-refractivity contribution in [1.82, 2.24) is 0 Å². The fraction of sp³-hybridized carbons (Fsp3) is 0.400. The van der Waals surface area contributed by atoms with E-state index >= 15 is 0 Å². The molecule has 1 aromatic rings. The van der Waals surface area contributed by atoms with E-state index in [0.717, 1.165) is 5.56 Å². The number of carbonyl (C=O) groups is 1. The molecule has 1 fully saturated rings. The van der Waals surface area contributed by atoms with Gasteiger partial charge in [-0.3, -0.25) is 4.79 Å². The Labute approximate surface area is 117 Å². The van der Waals surface area contributed by atoms with Gasteiger partial charge in [0.15, 0.2) is 5.79 Å². The molecular formula is C15H19NO4. The van der Waals surface area contributed by atoms with E-state index in [0.29, 0.717) is 12.8 Å². The maximum atomic E-state index is 11.7. The average molecular weight is 277 g/mol. The quantitative estimate of drug-likeness (QED) is 0.616. The van der Waals surface area contributed by atoms with Crippen LogP contribution in [-0.2, 0) is 4.79 Å². The van der Waals surface area contributed by atoms with Gasteiger partial charge in [-0.25, -0.2) is 0 Å². The van der Waals surface area contributed by atoms with Crippen LogP contribution < -0.4 is 5.73 Å². The van der Waals surface area contributed by atoms with Crippen LogP contribution in [-0.4, -0.2) is 33.6 Å². The minimum Gasteiger partial charge on any atom is -0.481 e. The molecule has 0 heterocycles. The van der Waals surface area contributed by atoms with Crippen LogP contribution in [0.4, 0.5) is 0 Å². The summed E-state index contributed by atoms with van der Waals surface area (Å²) in [6.07, 6.45) is 2.35. The molecule has 0 aromatic heterocycles. The van der Waals surface area contributed by atoms with Crippen molar-refractivity contribution in [2.45, 2.75) is 25.0 Å². The number of aliphatic carboxylic acids is 1. The molecule has 0 spiro atoms. The molecule has 1 aromatic carbocycles. The van der Waals surface area contributed by atoms with Gasteiger partial charge in [-0.05, 0) is 24.5 Å². The van der Waals surface area contributed by atoms with Crippen LogP contribution in [0.3, 0.4) is 0 Å². The predicted molar refractivity (Wildman–Crippen MR) is 74.6 cm³/mol. The minimum atomic E-state index is -2.13. The van der Waals surface area contributed by atoms with Crippen molar-refractivity contribution in [2.75, 3.05) is 6.54 Å². The Morgan fingerprint density at radius 3 is 2.45 bits per heavy atom. The van der Waals surface area contributed by atoms with Gasteiger partial charge in [0, 0.05) is 18.5 Å². The number of aliphatic hydroxyl groups is 2. The highest BCUT2D eigenvalue weighted by molar-refractivity contribution is 5.82. The Kier molecular flexibility index (Phi) is 3.94. The first-order chi connectivity index (χ1) is 9.42. The van der Waals surface area contributed by atoms with E-state index < -0.39 is 17.2 Å². The molecule has 0 aliphatic heterocycles. The second-order valence-corrected chi connectivity index (χ2v) is 5.23. The highest BCUT2D eigenvalue weighted by Crippen LogP contribution is 2.45. The monoisotopic (exact) mass is 277 g/mol. The smallest absolute Gasteiger partial charge is 0.315 e. The lowest BCUT2D eigenvalue weighted by molar-refractivity contribution is -0.173. The van der Waals surface area contributed by atoms with Crippen molar-refractivity contribution in [3.05, 3.63) is 41.5 Å². The lowest BCUT2D eigenvalue weighted by Gasteiger charge is -2.42. The third-order valence-electron chi connectivity index (χ3n) is 3.94. The summed E-state index contributed by atoms with van der Waals surface area (Å²) in [5.74, 6) is -3.25. The molecule has 0 amide bonds. The molecular weight excluding hydrogens is 258 g/mol. The number of carboxylic acids is 1. The molecule has 1 saturated carbocycles. The Morgan fingerprint density at radius 2 is 1.90 bits per heavy atom. The number of benzene rings is 1. The van der Waals surface area contributed by atoms with Crippen LogP contribution in [0.1, 0.15) is 24.8 Å². The van der Waals surface area contributed by atoms with Crippen LogP contribution >= 0.6 is 0 Å². The summed E-state index contributed by atoms with van der Waals surface area (Å²) < 4.78 is 0. The van der Waals surface area contributed by atoms with Gasteiger partial charge in [-0.15, -0.1) is 0 Å². The summed E-state index contributed by atoms with van der Waals surface area (Å²) in [6.45, 7) is -0.163. The topological polar surface area (TPSA) is 104 Å². The van der Waals surface area contributed by atoms with Gasteiger partial charge in [0.2, 0.25) is 0 Å². The molecule has 108 valence electrons. The first kappa shape index (κ1) is 14.7. The van der Waals surface area contributed by atoms with Crippen molar-refractivity contribution < 1.29 is 20.1 Å². The molecule has 0 saturated heterocycles. The zero-order valence-electron chi connectivity index (χ0n) is 11.1. The highest BCUT2D eigenvalue weighted by Gasteiger charge is 2.52. The van der Waals surface area contributed by atoms with Gasteiger partial charge >= 0.3 is 5.97 Å². The standard InChI is InChI=1S/C15H19NO4/c16-10-14(13(17)18)7-4-8-15(19,20)12(14)9-11-5-2-1-3-6-11/h1-3,5-6,9,19-20H,4,7-8,10,16H2,(H,17,18). The summed E-state index contributed by atoms with van der Waals surface area (Å²) in [5, 5.41) is 29.9. The molecule has 5 heteroatoms. The van der Waals surface area contributed by atoms with E-state index in [1.807, 2.05) is 6.07 Å². The molecule has 1 unspecified atom stereocenters. The zero-order chi connectivity index (χ0) is 14.8. The van der Waals surface area contributed by atoms with Crippen LogP contribution in [0.15, 0.2) is 35.9 Å². The van der Waals surface area contributed by atoms with Crippen molar-refractivity contribution >= 4 is 12.0 Å². The van der Waals surface area contributed by atoms with Crippen LogP contribution in [0.5, 0.6) is 0 Å². The van der Waals surface area contributed by atoms with E-state index in [2.05, 4.69) is 0 Å². The summed E-state index contributed by atoms with van der Waals surface area (Å²) in [4.78, 5) is 11.7. The van der Waals surface area contributed by atoms with Gasteiger partial charge in [0.05, 0.1) is 0 Å². The molecule has 1 aliphatic carbocycles. The fourth-order valence-electron chi connectivity index (χ4n) is 2.78. The number of rotatable bonds is 3. The maximum Gasteiger partial charge on any atom is 0.315 e. The maximum absolute atomic E-state index is 11.7. The van der Waals surface area contributed by atoms with Gasteiger partial charge in [0.25, 0.3) is 0 Å². The second-order valence-electron chi connectivity index (χ2n) is 5.23. The average Bonchev–Trinajstić information content (AvgIpc) is 2.42. The minimum absolute atomic E-state index is 0.0671. The molecule has 0 radical (unpaired) electrons. The van der Waals surface area contributed by atoms with E-state index in [9.17, 15) is 20.1 Å². The molecule has 5 N–H and O–H groups in total. The first-order valence-corrected chi connectivity index (χ1v) is 6.58. The lowest BCUT2D eigenvalue weighted by Crippen LogP contribution is -2.51. The fourth-order valence-corrected chi connectivity index (χ4v) is 2.78. The molecule has 1 atom stereocenters. The SMILES string of the molecule is NCC1(C(=O)O)CCCC(O)(O)C1=Cc1ccccc1. The normalized spacial score (nSPS) is 27.4. The summed E-state index contributed by atoms with van der Waals surface area (Å²) in [7, 11) is 0. The van der Waals surface area contributed by atoms with Crippen LogP contribution in [0.25, 0.3) is 6.08 Å². The van der Waals surface area contributed by atoms with Gasteiger partial charge < -0.3 is 21.1 Å². The Morgan fingerprint density at radius 1 is 1.25 bits per heavy atom. The van der Waals surface area contributed by atoms with Crippen molar-refractivity contribution in [3.63, 3.8) is 0 Å². The number of hydrogen-bond donors (Lipinski definition) is 4. The Hall–Kier alpha value is -1.69. The predicted octanol–water partition coefficient (Wildman–Crippen LogP) is 0.964. The van der Waals surface area contributed by atoms with E-state index in [1.54, 1.807) is 24.3 Å². The summed E-state index contributed by atoms with van der Waals surface area (Å²) >= 11 is 0. The van der Waals surface area contributed by atoms with Gasteiger partial charge in [0.1, 0.15) is 5.41 Å². The highest BCUT2D eigenvalue weighted by atomic mass is 16.5. The number of carboxylic acid groups (broad SMARTS) is 1. The molecule has 20 heavy (non-hydrogen) atoms. The molecule has 5 nitrogen and oxygen atoms in total. The lowest BCUT2D eigenvalue weighted by atomic mass is 9.67. The third-order valence-corrected chi connectivity index (χ3v) is 3.94. The third kappa shape index (κ3) is 2.47. The van der Waals surface area contributed by atoms with Crippen molar-refractivity contribution in [3.8, 4) is 0 Å². The molecule has 2 rings (SSSR count). The van der Waals surface area contributed by atoms with Crippen molar-refractivity contribution in [2.24, 2.45) is 11.1 Å². The van der Waals surface area contributed by atoms with Crippen LogP contribution in [0, 0.1) is 5.41 Å². The molecule has 0 bridgehead atoms. The number of nitrogens with two attached hydrogens (primary N) is 1. The van der Waals surface area contributed by atoms with E-state index in [-0.39, 0.29) is 18.5 Å². The van der Waals surface area contributed by atoms with E-state index in [1.165, 1.54) is 6.08 Å². The Balaban J connectivity index is 2.57. The second kappa shape index (κ2) is 5.36. The van der Waals surface area contributed by atoms with Gasteiger partial charge in [-0.2, -0.15) is 0 Å². The Bertz CT molecular complexity index is 524. The summed E-state index contributed by atoms with van der Waals surface area (Å²) in [6, 6.07) is 9.00. The van der Waals surface area contributed by atoms with E-state index in [4.69, 9.17) is 5.73 Å². The van der Waals surface area contributed by atoms with Crippen molar-refractivity contribution in [1.29, 1.82) is 0 Å². The summed E-state index contributed by atoms with van der Waals surface area (Å²) in [5.41, 5.74) is 5.03. The zero-order valence-corrected chi connectivity index (χ0v) is 11.1. The van der Waals surface area contributed by atoms with Gasteiger partial charge in [-0.1, -0.05) is 30.3 Å². The number of hydrogen-bond acceptors (Lipinski definition) is 4. The molecule has 1 aliphatic rings. The largest absolute Gasteiger partial charge is 0.481 e. The van der Waals surface area contributed by atoms with Crippen LogP contribution in [0.2, 0.25) is 0 Å².